The predicted molar refractivity (Wildman–Crippen MR) is 47.9 cm³/mol. The molecule has 0 aliphatic carbocycles. The van der Waals surface area contributed by atoms with Gasteiger partial charge in [-0.3, -0.25) is 0 Å². The van der Waals surface area contributed by atoms with Crippen LogP contribution in [0, 0.1) is 6.92 Å². The summed E-state index contributed by atoms with van der Waals surface area (Å²) in [6.45, 7) is 1.59. The van der Waals surface area contributed by atoms with E-state index in [0.717, 1.165) is 0 Å². The fraction of sp³-hybridized carbons (Fsp3) is 0.143. The van der Waals surface area contributed by atoms with Crippen LogP contribution in [0.3, 0.4) is 0 Å². The molecule has 0 unspecified atom stereocenters. The largest absolute Gasteiger partial charge is 0.325 e. The Morgan fingerprint density at radius 1 is 1.38 bits per heavy atom. The Balaban J connectivity index is 3.17. The highest BCUT2D eigenvalue weighted by Crippen LogP contribution is 2.20. The van der Waals surface area contributed by atoms with Crippen LogP contribution in [-0.2, 0) is 10.2 Å². The van der Waals surface area contributed by atoms with Crippen molar-refractivity contribution in [1.29, 1.82) is 0 Å². The van der Waals surface area contributed by atoms with Gasteiger partial charge in [-0.1, -0.05) is 27.2 Å². The van der Waals surface area contributed by atoms with E-state index < -0.39 is 14.7 Å². The van der Waals surface area contributed by atoms with E-state index in [0.29, 0.717) is 5.56 Å². The number of halogens is 1. The summed E-state index contributed by atoms with van der Waals surface area (Å²) in [6, 6.07) is 6.13. The molecule has 0 bridgehead atoms. The summed E-state index contributed by atoms with van der Waals surface area (Å²) < 4.78 is 33.8. The molecule has 1 aromatic carbocycles. The maximum atomic E-state index is 13.0. The van der Waals surface area contributed by atoms with Gasteiger partial charge in [-0.05, 0) is 18.6 Å². The van der Waals surface area contributed by atoms with Crippen molar-refractivity contribution in [3.63, 3.8) is 0 Å². The van der Waals surface area contributed by atoms with Gasteiger partial charge >= 0.3 is 10.2 Å². The number of para-hydroxylation sites is 1. The summed E-state index contributed by atoms with van der Waals surface area (Å²) in [7, 11) is -4.31. The lowest BCUT2D eigenvalue weighted by molar-refractivity contribution is 0.495. The molecule has 0 radical (unpaired) electrons. The second-order valence-electron chi connectivity index (χ2n) is 2.55. The van der Waals surface area contributed by atoms with Crippen LogP contribution in [0.5, 0.6) is 0 Å². The van der Waals surface area contributed by atoms with Gasteiger partial charge in [0.25, 0.3) is 0 Å². The molecule has 0 spiro atoms. The van der Waals surface area contributed by atoms with Crippen molar-refractivity contribution in [1.82, 2.24) is 0 Å². The van der Waals surface area contributed by atoms with E-state index >= 15 is 0 Å². The van der Waals surface area contributed by atoms with Gasteiger partial charge in [0.2, 0.25) is 0 Å². The lowest BCUT2D eigenvalue weighted by atomic mass is 10.2. The molecule has 72 valence electrons. The number of nitrogens with two attached hydrogens (primary N) is 1. The van der Waals surface area contributed by atoms with Crippen LogP contribution < -0.4 is 9.67 Å². The maximum absolute atomic E-state index is 13.0. The smallest absolute Gasteiger partial charge is 0.209 e. The highest BCUT2D eigenvalue weighted by molar-refractivity contribution is 7.90. The average molecular weight is 204 g/mol. The van der Waals surface area contributed by atoms with E-state index in [-0.39, 0.29) is 5.69 Å². The first-order chi connectivity index (χ1) is 5.93. The van der Waals surface area contributed by atoms with E-state index in [2.05, 4.69) is 5.14 Å². The quantitative estimate of drug-likeness (QED) is 0.727. The molecule has 1 rings (SSSR count). The van der Waals surface area contributed by atoms with Gasteiger partial charge in [0, 0.05) is 0 Å². The summed E-state index contributed by atoms with van der Waals surface area (Å²) in [6.07, 6.45) is 0. The molecule has 0 heterocycles. The molecule has 0 atom stereocenters. The van der Waals surface area contributed by atoms with Crippen molar-refractivity contribution < 1.29 is 12.9 Å². The Morgan fingerprint density at radius 3 is 2.38 bits per heavy atom. The highest BCUT2D eigenvalue weighted by atomic mass is 32.2. The summed E-state index contributed by atoms with van der Waals surface area (Å²) in [4.78, 5) is 0. The van der Waals surface area contributed by atoms with Gasteiger partial charge in [0.05, 0.1) is 5.69 Å². The van der Waals surface area contributed by atoms with Crippen LogP contribution in [0.4, 0.5) is 10.2 Å². The SMILES string of the molecule is Cc1ccccc1N(F)S(N)(=O)=O. The molecule has 4 nitrogen and oxygen atoms in total. The van der Waals surface area contributed by atoms with Crippen LogP contribution in [0.2, 0.25) is 0 Å². The molecule has 1 aromatic rings. The fourth-order valence-electron chi connectivity index (χ4n) is 0.898. The van der Waals surface area contributed by atoms with E-state index in [1.807, 2.05) is 0 Å². The standard InChI is InChI=1S/C7H9FN2O2S/c1-6-4-2-3-5-7(6)10(8)13(9,11)12/h2-5H,1H3,(H2,9,11,12). The Hall–Kier alpha value is -1.14. The predicted octanol–water partition coefficient (Wildman–Crippen LogP) is 0.889. The van der Waals surface area contributed by atoms with Crippen molar-refractivity contribution in [2.45, 2.75) is 6.92 Å². The zero-order valence-corrected chi connectivity index (χ0v) is 7.75. The molecule has 0 saturated carbocycles. The number of anilines is 1. The second-order valence-corrected chi connectivity index (χ2v) is 3.90. The zero-order valence-electron chi connectivity index (χ0n) is 6.94. The topological polar surface area (TPSA) is 63.4 Å². The van der Waals surface area contributed by atoms with Crippen LogP contribution in [0.25, 0.3) is 0 Å². The minimum absolute atomic E-state index is 0.0648. The first-order valence-corrected chi connectivity index (χ1v) is 4.97. The first kappa shape index (κ1) is 9.94. The lowest BCUT2D eigenvalue weighted by Gasteiger charge is -2.12. The minimum Gasteiger partial charge on any atom is -0.209 e. The highest BCUT2D eigenvalue weighted by Gasteiger charge is 2.18. The lowest BCUT2D eigenvalue weighted by Crippen LogP contribution is -2.30. The van der Waals surface area contributed by atoms with Crippen molar-refractivity contribution in [3.8, 4) is 0 Å². The molecule has 0 fully saturated rings. The summed E-state index contributed by atoms with van der Waals surface area (Å²) in [5, 5.41) is 4.60. The van der Waals surface area contributed by atoms with Crippen LogP contribution in [-0.4, -0.2) is 8.42 Å². The Morgan fingerprint density at radius 2 is 1.92 bits per heavy atom. The van der Waals surface area contributed by atoms with Crippen LogP contribution in [0.15, 0.2) is 24.3 Å². The number of hydrogen-bond donors (Lipinski definition) is 1. The maximum Gasteiger partial charge on any atom is 0.325 e. The number of hydrogen-bond acceptors (Lipinski definition) is 2. The Kier molecular flexibility index (Phi) is 2.53. The molecule has 0 saturated heterocycles. The van der Waals surface area contributed by atoms with Gasteiger partial charge in [-0.15, -0.1) is 0 Å². The molecule has 0 aromatic heterocycles. The molecule has 0 aliphatic rings. The number of aryl methyl sites for hydroxylation is 1. The van der Waals surface area contributed by atoms with Crippen LogP contribution >= 0.6 is 0 Å². The normalized spacial score (nSPS) is 11.3. The van der Waals surface area contributed by atoms with Crippen molar-refractivity contribution in [2.75, 3.05) is 4.53 Å². The third-order valence-corrected chi connectivity index (χ3v) is 2.17. The second kappa shape index (κ2) is 3.31. The molecular formula is C7H9FN2O2S. The van der Waals surface area contributed by atoms with E-state index in [1.165, 1.54) is 12.1 Å². The average Bonchev–Trinajstić information content (AvgIpc) is 2.02. The Bertz CT molecular complexity index is 405. The molecule has 13 heavy (non-hydrogen) atoms. The summed E-state index contributed by atoms with van der Waals surface area (Å²) in [5.41, 5.74) is 0.434. The number of benzene rings is 1. The van der Waals surface area contributed by atoms with Crippen molar-refractivity contribution in [2.24, 2.45) is 5.14 Å². The summed E-state index contributed by atoms with van der Waals surface area (Å²) >= 11 is 0. The van der Waals surface area contributed by atoms with Gasteiger partial charge in [0.15, 0.2) is 0 Å². The minimum atomic E-state index is -4.31. The molecule has 2 N–H and O–H groups in total. The number of nitrogens with zero attached hydrogens (tertiary/aromatic N) is 1. The zero-order chi connectivity index (χ0) is 10.1. The van der Waals surface area contributed by atoms with Crippen LogP contribution in [0.1, 0.15) is 5.56 Å². The van der Waals surface area contributed by atoms with Crippen molar-refractivity contribution >= 4 is 15.9 Å². The third-order valence-electron chi connectivity index (χ3n) is 1.53. The van der Waals surface area contributed by atoms with Gasteiger partial charge in [-0.25, -0.2) is 5.14 Å². The van der Waals surface area contributed by atoms with Gasteiger partial charge in [0.1, 0.15) is 0 Å². The van der Waals surface area contributed by atoms with Gasteiger partial charge < -0.3 is 0 Å². The Labute approximate surface area is 75.9 Å². The summed E-state index contributed by atoms with van der Waals surface area (Å²) in [5.74, 6) is 0. The molecule has 0 aliphatic heterocycles. The molecule has 0 amide bonds. The van der Waals surface area contributed by atoms with Gasteiger partial charge in [-0.2, -0.15) is 8.42 Å². The first-order valence-electron chi connectivity index (χ1n) is 3.47. The van der Waals surface area contributed by atoms with E-state index in [9.17, 15) is 12.9 Å². The monoisotopic (exact) mass is 204 g/mol. The fourth-order valence-corrected chi connectivity index (χ4v) is 1.38. The molecule has 6 heteroatoms. The van der Waals surface area contributed by atoms with E-state index in [1.54, 1.807) is 19.1 Å². The molecular weight excluding hydrogens is 195 g/mol. The number of rotatable bonds is 2. The third kappa shape index (κ3) is 2.16. The van der Waals surface area contributed by atoms with Crippen molar-refractivity contribution in [3.05, 3.63) is 29.8 Å². The van der Waals surface area contributed by atoms with E-state index in [4.69, 9.17) is 0 Å².